The van der Waals surface area contributed by atoms with Crippen molar-refractivity contribution >= 4 is 48.7 Å². The molecular formula is C16H24N4O4S2. The van der Waals surface area contributed by atoms with Gasteiger partial charge in [0.15, 0.2) is 0 Å². The number of aliphatic carboxylic acids is 1. The van der Waals surface area contributed by atoms with Gasteiger partial charge in [-0.2, -0.15) is 25.3 Å². The van der Waals surface area contributed by atoms with Crippen molar-refractivity contribution in [1.29, 1.82) is 0 Å². The van der Waals surface area contributed by atoms with Gasteiger partial charge in [-0.25, -0.2) is 0 Å². The van der Waals surface area contributed by atoms with Gasteiger partial charge in [0.1, 0.15) is 6.04 Å². The first kappa shape index (κ1) is 22.3. The third-order valence-electron chi connectivity index (χ3n) is 3.53. The van der Waals surface area contributed by atoms with Crippen LogP contribution in [0.4, 0.5) is 5.69 Å². The van der Waals surface area contributed by atoms with Crippen LogP contribution in [0, 0.1) is 0 Å². The summed E-state index contributed by atoms with van der Waals surface area (Å²) in [5.41, 5.74) is 1.06. The number of nitrogens with one attached hydrogen (secondary N) is 4. The minimum absolute atomic E-state index is 0.178. The Hall–Kier alpha value is -1.75. The predicted octanol–water partition coefficient (Wildman–Crippen LogP) is -0.155. The molecule has 5 N–H and O–H groups in total. The van der Waals surface area contributed by atoms with Crippen molar-refractivity contribution in [3.63, 3.8) is 0 Å². The highest BCUT2D eigenvalue weighted by Crippen LogP contribution is 2.10. The van der Waals surface area contributed by atoms with Crippen LogP contribution in [0.3, 0.4) is 0 Å². The van der Waals surface area contributed by atoms with Crippen LogP contribution in [0.1, 0.15) is 10.4 Å². The lowest BCUT2D eigenvalue weighted by molar-refractivity contribution is -0.138. The second-order valence-electron chi connectivity index (χ2n) is 5.36. The van der Waals surface area contributed by atoms with E-state index >= 15 is 0 Å². The van der Waals surface area contributed by atoms with Crippen LogP contribution >= 0.6 is 25.3 Å². The SMILES string of the molecule is CNC(=O)c1ccc(NC(=O)C(CS)NCCN[C@@H](CS)C(=O)O)cc1. The van der Waals surface area contributed by atoms with Gasteiger partial charge in [0.05, 0.1) is 6.04 Å². The molecule has 0 heterocycles. The lowest BCUT2D eigenvalue weighted by atomic mass is 10.2. The van der Waals surface area contributed by atoms with Crippen LogP contribution in [0.5, 0.6) is 0 Å². The number of hydrogen-bond donors (Lipinski definition) is 7. The fraction of sp³-hybridized carbons (Fsp3) is 0.438. The number of anilines is 1. The Labute approximate surface area is 163 Å². The van der Waals surface area contributed by atoms with Crippen molar-refractivity contribution in [1.82, 2.24) is 16.0 Å². The highest BCUT2D eigenvalue weighted by molar-refractivity contribution is 7.80. The molecule has 0 spiro atoms. The number of carbonyl (C=O) groups is 3. The van der Waals surface area contributed by atoms with Gasteiger partial charge in [-0.15, -0.1) is 0 Å². The largest absolute Gasteiger partial charge is 0.480 e. The fourth-order valence-electron chi connectivity index (χ4n) is 2.04. The first-order valence-electron chi connectivity index (χ1n) is 7.97. The normalized spacial score (nSPS) is 12.9. The molecule has 0 aliphatic rings. The number of hydrogen-bond acceptors (Lipinski definition) is 7. The summed E-state index contributed by atoms with van der Waals surface area (Å²) in [4.78, 5) is 34.7. The molecule has 2 atom stereocenters. The maximum atomic E-state index is 12.3. The number of carboxylic acids is 1. The molecule has 0 radical (unpaired) electrons. The van der Waals surface area contributed by atoms with Gasteiger partial charge in [0.2, 0.25) is 5.91 Å². The molecule has 1 aromatic rings. The molecule has 26 heavy (non-hydrogen) atoms. The zero-order valence-corrected chi connectivity index (χ0v) is 16.1. The molecule has 1 rings (SSSR count). The molecule has 0 aliphatic carbocycles. The lowest BCUT2D eigenvalue weighted by Gasteiger charge is -2.18. The van der Waals surface area contributed by atoms with E-state index in [0.717, 1.165) is 0 Å². The molecule has 1 unspecified atom stereocenters. The van der Waals surface area contributed by atoms with E-state index in [1.807, 2.05) is 0 Å². The summed E-state index contributed by atoms with van der Waals surface area (Å²) in [6, 6.07) is 5.24. The fourth-order valence-corrected chi connectivity index (χ4v) is 2.62. The molecule has 2 amide bonds. The lowest BCUT2D eigenvalue weighted by Crippen LogP contribution is -2.47. The topological polar surface area (TPSA) is 120 Å². The summed E-state index contributed by atoms with van der Waals surface area (Å²) in [5.74, 6) is -0.985. The van der Waals surface area contributed by atoms with Crippen molar-refractivity contribution in [2.75, 3.05) is 37.0 Å². The van der Waals surface area contributed by atoms with E-state index in [4.69, 9.17) is 5.11 Å². The number of rotatable bonds is 11. The number of amides is 2. The first-order valence-corrected chi connectivity index (χ1v) is 9.23. The molecule has 0 saturated carbocycles. The van der Waals surface area contributed by atoms with Crippen LogP contribution in [-0.4, -0.2) is 66.6 Å². The third-order valence-corrected chi connectivity index (χ3v) is 4.26. The van der Waals surface area contributed by atoms with E-state index in [1.54, 1.807) is 31.3 Å². The summed E-state index contributed by atoms with van der Waals surface area (Å²) in [5, 5.41) is 20.0. The number of thiol groups is 2. The summed E-state index contributed by atoms with van der Waals surface area (Å²) < 4.78 is 0. The highest BCUT2D eigenvalue weighted by atomic mass is 32.1. The summed E-state index contributed by atoms with van der Waals surface area (Å²) in [6.45, 7) is 0.766. The summed E-state index contributed by atoms with van der Waals surface area (Å²) in [6.07, 6.45) is 0. The molecule has 144 valence electrons. The molecule has 0 fully saturated rings. The van der Waals surface area contributed by atoms with E-state index in [9.17, 15) is 14.4 Å². The molecule has 0 aliphatic heterocycles. The average molecular weight is 401 g/mol. The Kier molecular flexibility index (Phi) is 10.1. The molecule has 0 bridgehead atoms. The van der Waals surface area contributed by atoms with Crippen LogP contribution in [0.25, 0.3) is 0 Å². The number of benzene rings is 1. The van der Waals surface area contributed by atoms with Crippen LogP contribution in [0.15, 0.2) is 24.3 Å². The van der Waals surface area contributed by atoms with Gasteiger partial charge >= 0.3 is 5.97 Å². The first-order chi connectivity index (χ1) is 12.4. The van der Waals surface area contributed by atoms with E-state index in [1.165, 1.54) is 0 Å². The molecule has 1 aromatic carbocycles. The quantitative estimate of drug-likeness (QED) is 0.205. The highest BCUT2D eigenvalue weighted by Gasteiger charge is 2.18. The minimum Gasteiger partial charge on any atom is -0.480 e. The zero-order chi connectivity index (χ0) is 19.5. The monoisotopic (exact) mass is 400 g/mol. The van der Waals surface area contributed by atoms with Crippen molar-refractivity contribution in [3.05, 3.63) is 29.8 Å². The average Bonchev–Trinajstić information content (AvgIpc) is 2.64. The van der Waals surface area contributed by atoms with E-state index < -0.39 is 18.1 Å². The van der Waals surface area contributed by atoms with Gasteiger partial charge in [-0.05, 0) is 24.3 Å². The molecule has 0 saturated heterocycles. The van der Waals surface area contributed by atoms with Gasteiger partial charge in [-0.1, -0.05) is 0 Å². The van der Waals surface area contributed by atoms with E-state index in [-0.39, 0.29) is 23.3 Å². The predicted molar refractivity (Wildman–Crippen MR) is 107 cm³/mol. The van der Waals surface area contributed by atoms with Crippen LogP contribution < -0.4 is 21.3 Å². The van der Waals surface area contributed by atoms with Crippen LogP contribution in [-0.2, 0) is 9.59 Å². The molecule has 8 nitrogen and oxygen atoms in total. The standard InChI is InChI=1S/C16H24N4O4S2/c1-17-14(21)10-2-4-11(5-3-10)20-15(22)12(8-25)18-6-7-19-13(9-26)16(23)24/h2-5,12-13,18-19,25-26H,6-9H2,1H3,(H,17,21)(H,20,22)(H,23,24)/t12?,13-/m0/s1. The van der Waals surface area contributed by atoms with Gasteiger partial charge in [0, 0.05) is 42.9 Å². The Morgan fingerprint density at radius 1 is 1.00 bits per heavy atom. The Balaban J connectivity index is 2.48. The van der Waals surface area contributed by atoms with E-state index in [2.05, 4.69) is 46.5 Å². The Morgan fingerprint density at radius 3 is 2.00 bits per heavy atom. The number of carbonyl (C=O) groups excluding carboxylic acids is 2. The Morgan fingerprint density at radius 2 is 1.54 bits per heavy atom. The maximum Gasteiger partial charge on any atom is 0.321 e. The van der Waals surface area contributed by atoms with Crippen LogP contribution in [0.2, 0.25) is 0 Å². The second-order valence-corrected chi connectivity index (χ2v) is 6.09. The number of carboxylic acid groups (broad SMARTS) is 1. The zero-order valence-electron chi connectivity index (χ0n) is 14.4. The van der Waals surface area contributed by atoms with Crippen molar-refractivity contribution in [2.24, 2.45) is 0 Å². The Bertz CT molecular complexity index is 613. The van der Waals surface area contributed by atoms with Gasteiger partial charge in [-0.3, -0.25) is 14.4 Å². The molecule has 0 aromatic heterocycles. The van der Waals surface area contributed by atoms with E-state index in [0.29, 0.717) is 24.3 Å². The van der Waals surface area contributed by atoms with Crippen molar-refractivity contribution < 1.29 is 19.5 Å². The van der Waals surface area contributed by atoms with Gasteiger partial charge < -0.3 is 26.4 Å². The second kappa shape index (κ2) is 11.8. The minimum atomic E-state index is -0.969. The smallest absolute Gasteiger partial charge is 0.321 e. The third kappa shape index (κ3) is 7.24. The molecular weight excluding hydrogens is 376 g/mol. The van der Waals surface area contributed by atoms with Gasteiger partial charge in [0.25, 0.3) is 5.91 Å². The molecule has 10 heteroatoms. The summed E-state index contributed by atoms with van der Waals surface area (Å²) in [7, 11) is 1.55. The maximum absolute atomic E-state index is 12.3. The van der Waals surface area contributed by atoms with Crippen molar-refractivity contribution in [2.45, 2.75) is 12.1 Å². The van der Waals surface area contributed by atoms with Crippen molar-refractivity contribution in [3.8, 4) is 0 Å². The summed E-state index contributed by atoms with van der Waals surface area (Å²) >= 11 is 8.13.